The minimum atomic E-state index is -1.84. The molecular weight excluding hydrogens is 370 g/mol. The topological polar surface area (TPSA) is 0 Å². The number of hydrogen-bond acceptors (Lipinski definition) is 0. The van der Waals surface area contributed by atoms with Crippen molar-refractivity contribution in [3.8, 4) is 0 Å². The van der Waals surface area contributed by atoms with E-state index in [2.05, 4.69) is 53.9 Å². The molecule has 1 aliphatic rings. The van der Waals surface area contributed by atoms with E-state index >= 15 is 0 Å². The molecule has 0 heterocycles. The van der Waals surface area contributed by atoms with Gasteiger partial charge >= 0.3 is 92.1 Å². The summed E-state index contributed by atoms with van der Waals surface area (Å²) in [5, 5.41) is 0. The van der Waals surface area contributed by atoms with Gasteiger partial charge in [0.05, 0.1) is 0 Å². The summed E-state index contributed by atoms with van der Waals surface area (Å²) in [4.78, 5) is 15.5. The van der Waals surface area contributed by atoms with Crippen LogP contribution < -0.4 is 0 Å². The van der Waals surface area contributed by atoms with Gasteiger partial charge in [0.1, 0.15) is 0 Å². The zero-order valence-corrected chi connectivity index (χ0v) is 15.5. The molecule has 0 radical (unpaired) electrons. The van der Waals surface area contributed by atoms with E-state index < -0.39 is 36.8 Å². The van der Waals surface area contributed by atoms with E-state index in [0.29, 0.717) is 1.45 Å². The third kappa shape index (κ3) is 2.04. The van der Waals surface area contributed by atoms with Crippen LogP contribution in [0.2, 0.25) is 31.1 Å². The summed E-state index contributed by atoms with van der Waals surface area (Å²) >= 11 is -3.69. The van der Waals surface area contributed by atoms with Crippen molar-refractivity contribution < 1.29 is 0 Å². The molecule has 0 atom stereocenters. The quantitative estimate of drug-likeness (QED) is 0.623. The first kappa shape index (κ1) is 12.1. The first-order valence-electron chi connectivity index (χ1n) is 5.08. The van der Waals surface area contributed by atoms with Crippen molar-refractivity contribution >= 4 is 36.8 Å². The molecule has 1 aliphatic carbocycles. The molecule has 0 unspecified atom stereocenters. The van der Waals surface area contributed by atoms with Gasteiger partial charge in [-0.05, 0) is 0 Å². The van der Waals surface area contributed by atoms with Gasteiger partial charge < -0.3 is 0 Å². The second kappa shape index (κ2) is 3.58. The Morgan fingerprint density at radius 1 is 0.692 bits per heavy atom. The van der Waals surface area contributed by atoms with E-state index in [-0.39, 0.29) is 0 Å². The Bertz CT molecular complexity index is 220. The van der Waals surface area contributed by atoms with Crippen molar-refractivity contribution in [1.29, 1.82) is 0 Å². The van der Waals surface area contributed by atoms with Crippen LogP contribution in [-0.2, 0) is 0 Å². The van der Waals surface area contributed by atoms with Crippen LogP contribution in [0.25, 0.3) is 0 Å². The average Bonchev–Trinajstić information content (AvgIpc) is 2.28. The molecule has 0 aromatic heterocycles. The number of allylic oxidation sites excluding steroid dienone is 4. The molecular formula is C11H22Sn2. The molecule has 0 spiro atoms. The Morgan fingerprint density at radius 2 is 1.00 bits per heavy atom. The molecule has 0 amide bonds. The van der Waals surface area contributed by atoms with Crippen molar-refractivity contribution in [3.63, 3.8) is 0 Å². The average molecular weight is 392 g/mol. The summed E-state index contributed by atoms with van der Waals surface area (Å²) in [5.41, 5.74) is 0. The fourth-order valence-corrected chi connectivity index (χ4v) is 58.9. The third-order valence-electron chi connectivity index (χ3n) is 3.31. The standard InChI is InChI=1S/C5H4.6CH3.2Sn/c1-2-4-5-3-1;;;;;;;;/h1-4H;6*1H3;;. The van der Waals surface area contributed by atoms with Gasteiger partial charge in [0.2, 0.25) is 0 Å². The molecule has 0 aromatic rings. The first-order valence-corrected chi connectivity index (χ1v) is 25.1. The summed E-state index contributed by atoms with van der Waals surface area (Å²) in [6.45, 7) is 0. The molecule has 0 saturated heterocycles. The Morgan fingerprint density at radius 3 is 1.15 bits per heavy atom. The second-order valence-corrected chi connectivity index (χ2v) is 40.6. The Labute approximate surface area is 91.2 Å². The van der Waals surface area contributed by atoms with Crippen LogP contribution in [0.1, 0.15) is 0 Å². The zero-order chi connectivity index (χ0) is 10.3. The monoisotopic (exact) mass is 394 g/mol. The number of rotatable bonds is 2. The zero-order valence-electron chi connectivity index (χ0n) is 9.81. The third-order valence-corrected chi connectivity index (χ3v) is 48.1. The van der Waals surface area contributed by atoms with Crippen molar-refractivity contribution in [1.82, 2.24) is 0 Å². The van der Waals surface area contributed by atoms with Gasteiger partial charge in [-0.25, -0.2) is 0 Å². The van der Waals surface area contributed by atoms with Crippen LogP contribution in [0, 0.1) is 0 Å². The van der Waals surface area contributed by atoms with Gasteiger partial charge in [-0.3, -0.25) is 0 Å². The molecule has 0 bridgehead atoms. The molecule has 0 fully saturated rings. The van der Waals surface area contributed by atoms with Crippen molar-refractivity contribution in [2.75, 3.05) is 0 Å². The summed E-state index contributed by atoms with van der Waals surface area (Å²) < 4.78 is 0.628. The molecule has 13 heavy (non-hydrogen) atoms. The SMILES string of the molecule is [CH3][Sn]([CH3])([CH3])[C]1([Sn]([CH3])([CH3])[CH3])C=CC=C1. The van der Waals surface area contributed by atoms with Gasteiger partial charge in [0.15, 0.2) is 0 Å². The van der Waals surface area contributed by atoms with Crippen LogP contribution in [0.15, 0.2) is 24.3 Å². The summed E-state index contributed by atoms with van der Waals surface area (Å²) in [7, 11) is 0. The molecule has 0 aromatic carbocycles. The van der Waals surface area contributed by atoms with Crippen LogP contribution in [0.3, 0.4) is 0 Å². The van der Waals surface area contributed by atoms with Crippen molar-refractivity contribution in [3.05, 3.63) is 24.3 Å². The van der Waals surface area contributed by atoms with Gasteiger partial charge in [-0.15, -0.1) is 0 Å². The molecule has 0 N–H and O–H groups in total. The summed E-state index contributed by atoms with van der Waals surface area (Å²) in [6.07, 6.45) is 9.65. The number of hydrogen-bond donors (Lipinski definition) is 0. The van der Waals surface area contributed by atoms with E-state index in [1.165, 1.54) is 0 Å². The van der Waals surface area contributed by atoms with Gasteiger partial charge in [-0.1, -0.05) is 0 Å². The maximum atomic E-state index is 2.58. The predicted molar refractivity (Wildman–Crippen MR) is 67.7 cm³/mol. The maximum absolute atomic E-state index is 2.58. The molecule has 1 rings (SSSR count). The Hall–Kier alpha value is 1.08. The Kier molecular flexibility index (Phi) is 3.35. The predicted octanol–water partition coefficient (Wildman–Crippen LogP) is 4.07. The van der Waals surface area contributed by atoms with Crippen molar-refractivity contribution in [2.24, 2.45) is 0 Å². The van der Waals surface area contributed by atoms with Gasteiger partial charge in [-0.2, -0.15) is 0 Å². The molecule has 0 saturated carbocycles. The van der Waals surface area contributed by atoms with Crippen LogP contribution in [0.4, 0.5) is 0 Å². The molecule has 2 heteroatoms. The molecule has 0 nitrogen and oxygen atoms in total. The summed E-state index contributed by atoms with van der Waals surface area (Å²) in [5.74, 6) is 0. The van der Waals surface area contributed by atoms with E-state index in [1.54, 1.807) is 0 Å². The molecule has 74 valence electrons. The molecule has 0 aliphatic heterocycles. The van der Waals surface area contributed by atoms with E-state index in [1.807, 2.05) is 0 Å². The van der Waals surface area contributed by atoms with Crippen molar-refractivity contribution in [2.45, 2.75) is 31.1 Å². The fraction of sp³-hybridized carbons (Fsp3) is 0.636. The van der Waals surface area contributed by atoms with Gasteiger partial charge in [0, 0.05) is 0 Å². The fourth-order valence-electron chi connectivity index (χ4n) is 2.60. The normalized spacial score (nSPS) is 21.1. The van der Waals surface area contributed by atoms with Crippen LogP contribution >= 0.6 is 0 Å². The van der Waals surface area contributed by atoms with E-state index in [9.17, 15) is 0 Å². The first-order chi connectivity index (χ1) is 5.71. The van der Waals surface area contributed by atoms with E-state index in [4.69, 9.17) is 0 Å². The van der Waals surface area contributed by atoms with Crippen LogP contribution in [-0.4, -0.2) is 36.8 Å². The van der Waals surface area contributed by atoms with Gasteiger partial charge in [0.25, 0.3) is 0 Å². The van der Waals surface area contributed by atoms with Crippen LogP contribution in [0.5, 0.6) is 0 Å². The second-order valence-electron chi connectivity index (χ2n) is 6.09. The minimum absolute atomic E-state index is 0.628. The Balaban J connectivity index is 3.19. The van der Waals surface area contributed by atoms with E-state index in [0.717, 1.165) is 0 Å². The summed E-state index contributed by atoms with van der Waals surface area (Å²) in [6, 6.07) is 0.